The Hall–Kier alpha value is -1.07. The van der Waals surface area contributed by atoms with Crippen LogP contribution in [-0.4, -0.2) is 8.42 Å². The summed E-state index contributed by atoms with van der Waals surface area (Å²) in [5.41, 5.74) is 6.57. The van der Waals surface area contributed by atoms with Crippen LogP contribution in [0.4, 0.5) is 5.69 Å². The molecule has 4 N–H and O–H groups in total. The van der Waals surface area contributed by atoms with E-state index in [0.29, 0.717) is 0 Å². The van der Waals surface area contributed by atoms with Crippen molar-refractivity contribution in [3.8, 4) is 0 Å². The van der Waals surface area contributed by atoms with E-state index in [-0.39, 0.29) is 10.6 Å². The maximum absolute atomic E-state index is 11.0. The third kappa shape index (κ3) is 2.19. The highest BCUT2D eigenvalue weighted by Gasteiger charge is 2.11. The van der Waals surface area contributed by atoms with Crippen LogP contribution in [0.3, 0.4) is 0 Å². The van der Waals surface area contributed by atoms with E-state index in [1.54, 1.807) is 12.1 Å². The second kappa shape index (κ2) is 3.35. The molecule has 0 heterocycles. The van der Waals surface area contributed by atoms with Crippen molar-refractivity contribution >= 4 is 15.7 Å². The lowest BCUT2D eigenvalue weighted by molar-refractivity contribution is 0.598. The number of aryl methyl sites for hydroxylation is 1. The predicted molar refractivity (Wildman–Crippen MR) is 51.6 cm³/mol. The Balaban J connectivity index is 3.36. The zero-order valence-electron chi connectivity index (χ0n) is 7.32. The monoisotopic (exact) mass is 200 g/mol. The molecular formula is C8H12N2O2S. The van der Waals surface area contributed by atoms with Gasteiger partial charge in [-0.3, -0.25) is 0 Å². The standard InChI is InChI=1S/C8H12N2O2S/c1-2-6-3-4-7(9)8(5-6)13(10,11)12/h3-5H,2,9H2,1H3,(H2,10,11,12). The normalized spacial score (nSPS) is 11.5. The van der Waals surface area contributed by atoms with Crippen molar-refractivity contribution < 1.29 is 8.42 Å². The summed E-state index contributed by atoms with van der Waals surface area (Å²) in [6.07, 6.45) is 0.753. The Morgan fingerprint density at radius 2 is 2.00 bits per heavy atom. The van der Waals surface area contributed by atoms with Crippen molar-refractivity contribution in [1.82, 2.24) is 0 Å². The van der Waals surface area contributed by atoms with Crippen LogP contribution in [0.1, 0.15) is 12.5 Å². The highest BCUT2D eigenvalue weighted by molar-refractivity contribution is 7.89. The quantitative estimate of drug-likeness (QED) is 0.681. The number of anilines is 1. The molecule has 4 nitrogen and oxygen atoms in total. The molecule has 0 fully saturated rings. The van der Waals surface area contributed by atoms with E-state index >= 15 is 0 Å². The molecule has 0 saturated carbocycles. The third-order valence-electron chi connectivity index (χ3n) is 1.79. The van der Waals surface area contributed by atoms with E-state index in [4.69, 9.17) is 10.9 Å². The molecule has 0 bridgehead atoms. The molecule has 0 spiro atoms. The third-order valence-corrected chi connectivity index (χ3v) is 2.76. The van der Waals surface area contributed by atoms with E-state index < -0.39 is 10.0 Å². The van der Waals surface area contributed by atoms with Gasteiger partial charge in [-0.15, -0.1) is 0 Å². The fourth-order valence-electron chi connectivity index (χ4n) is 1.05. The summed E-state index contributed by atoms with van der Waals surface area (Å²) in [5.74, 6) is 0. The number of nitrogen functional groups attached to an aromatic ring is 1. The zero-order valence-corrected chi connectivity index (χ0v) is 8.14. The molecule has 5 heteroatoms. The summed E-state index contributed by atoms with van der Waals surface area (Å²) in [5, 5.41) is 4.97. The SMILES string of the molecule is CCc1ccc(N)c(S(N)(=O)=O)c1. The van der Waals surface area contributed by atoms with Crippen molar-refractivity contribution in [2.24, 2.45) is 5.14 Å². The number of rotatable bonds is 2. The molecule has 0 aliphatic heterocycles. The van der Waals surface area contributed by atoms with Gasteiger partial charge in [-0.1, -0.05) is 13.0 Å². The topological polar surface area (TPSA) is 86.2 Å². The van der Waals surface area contributed by atoms with Crippen molar-refractivity contribution in [3.05, 3.63) is 23.8 Å². The lowest BCUT2D eigenvalue weighted by Gasteiger charge is -2.04. The summed E-state index contributed by atoms with van der Waals surface area (Å²) in [7, 11) is -3.69. The molecule has 0 saturated heterocycles. The number of hydrogen-bond acceptors (Lipinski definition) is 3. The predicted octanol–water partition coefficient (Wildman–Crippen LogP) is 0.479. The van der Waals surface area contributed by atoms with E-state index in [1.807, 2.05) is 6.92 Å². The van der Waals surface area contributed by atoms with Gasteiger partial charge in [0, 0.05) is 0 Å². The second-order valence-electron chi connectivity index (χ2n) is 2.77. The summed E-state index contributed by atoms with van der Waals surface area (Å²) < 4.78 is 22.0. The van der Waals surface area contributed by atoms with Crippen LogP contribution in [0.2, 0.25) is 0 Å². The lowest BCUT2D eigenvalue weighted by atomic mass is 10.1. The summed E-state index contributed by atoms with van der Waals surface area (Å²) in [4.78, 5) is 0.00634. The minimum Gasteiger partial charge on any atom is -0.398 e. The highest BCUT2D eigenvalue weighted by atomic mass is 32.2. The van der Waals surface area contributed by atoms with Gasteiger partial charge in [0.25, 0.3) is 0 Å². The van der Waals surface area contributed by atoms with Crippen molar-refractivity contribution in [1.29, 1.82) is 0 Å². The van der Waals surface area contributed by atoms with Crippen LogP contribution in [0, 0.1) is 0 Å². The van der Waals surface area contributed by atoms with Crippen LogP contribution >= 0.6 is 0 Å². The minimum atomic E-state index is -3.69. The van der Waals surface area contributed by atoms with Gasteiger partial charge in [0.15, 0.2) is 0 Å². The van der Waals surface area contributed by atoms with Crippen molar-refractivity contribution in [2.45, 2.75) is 18.2 Å². The number of sulfonamides is 1. The lowest BCUT2D eigenvalue weighted by Crippen LogP contribution is -2.14. The highest BCUT2D eigenvalue weighted by Crippen LogP contribution is 2.18. The van der Waals surface area contributed by atoms with Gasteiger partial charge in [-0.25, -0.2) is 13.6 Å². The van der Waals surface area contributed by atoms with Gasteiger partial charge in [-0.2, -0.15) is 0 Å². The van der Waals surface area contributed by atoms with Gasteiger partial charge >= 0.3 is 0 Å². The summed E-state index contributed by atoms with van der Waals surface area (Å²) in [6.45, 7) is 1.93. The van der Waals surface area contributed by atoms with Gasteiger partial charge in [0.2, 0.25) is 10.0 Å². The minimum absolute atomic E-state index is 0.00634. The van der Waals surface area contributed by atoms with Crippen LogP contribution in [0.15, 0.2) is 23.1 Å². The molecule has 1 aromatic rings. The fraction of sp³-hybridized carbons (Fsp3) is 0.250. The maximum atomic E-state index is 11.0. The van der Waals surface area contributed by atoms with Gasteiger partial charge in [0.05, 0.1) is 5.69 Å². The number of benzene rings is 1. The first-order chi connectivity index (χ1) is 5.95. The Morgan fingerprint density at radius 3 is 2.46 bits per heavy atom. The van der Waals surface area contributed by atoms with Crippen LogP contribution in [-0.2, 0) is 16.4 Å². The van der Waals surface area contributed by atoms with E-state index in [9.17, 15) is 8.42 Å². The molecule has 1 aromatic carbocycles. The molecule has 0 radical (unpaired) electrons. The van der Waals surface area contributed by atoms with E-state index in [2.05, 4.69) is 0 Å². The summed E-state index contributed by atoms with van der Waals surface area (Å²) >= 11 is 0. The molecule has 0 amide bonds. The zero-order chi connectivity index (χ0) is 10.1. The molecule has 0 aliphatic carbocycles. The van der Waals surface area contributed by atoms with Crippen molar-refractivity contribution in [3.63, 3.8) is 0 Å². The Bertz CT molecular complexity index is 412. The van der Waals surface area contributed by atoms with Gasteiger partial charge in [-0.05, 0) is 24.1 Å². The molecule has 0 aromatic heterocycles. The summed E-state index contributed by atoms with van der Waals surface area (Å²) in [6, 6.07) is 4.84. The molecular weight excluding hydrogens is 188 g/mol. The van der Waals surface area contributed by atoms with Gasteiger partial charge < -0.3 is 5.73 Å². The average molecular weight is 200 g/mol. The molecule has 72 valence electrons. The number of hydrogen-bond donors (Lipinski definition) is 2. The molecule has 0 aliphatic rings. The maximum Gasteiger partial charge on any atom is 0.240 e. The molecule has 0 atom stereocenters. The van der Waals surface area contributed by atoms with Crippen LogP contribution in [0.25, 0.3) is 0 Å². The second-order valence-corrected chi connectivity index (χ2v) is 4.30. The Labute approximate surface area is 77.6 Å². The smallest absolute Gasteiger partial charge is 0.240 e. The number of nitrogens with two attached hydrogens (primary N) is 2. The molecule has 0 unspecified atom stereocenters. The van der Waals surface area contributed by atoms with E-state index in [1.165, 1.54) is 6.07 Å². The fourth-order valence-corrected chi connectivity index (χ4v) is 1.76. The Kier molecular flexibility index (Phi) is 2.58. The molecule has 13 heavy (non-hydrogen) atoms. The molecule has 1 rings (SSSR count). The largest absolute Gasteiger partial charge is 0.398 e. The average Bonchev–Trinajstić information content (AvgIpc) is 2.03. The van der Waals surface area contributed by atoms with Crippen LogP contribution in [0.5, 0.6) is 0 Å². The first kappa shape index (κ1) is 10.0. The van der Waals surface area contributed by atoms with Crippen molar-refractivity contribution in [2.75, 3.05) is 5.73 Å². The first-order valence-electron chi connectivity index (χ1n) is 3.86. The van der Waals surface area contributed by atoms with Crippen LogP contribution < -0.4 is 10.9 Å². The van der Waals surface area contributed by atoms with Gasteiger partial charge in [0.1, 0.15) is 4.90 Å². The van der Waals surface area contributed by atoms with E-state index in [0.717, 1.165) is 12.0 Å². The Morgan fingerprint density at radius 1 is 1.38 bits per heavy atom. The number of primary sulfonamides is 1. The first-order valence-corrected chi connectivity index (χ1v) is 5.41.